The molecular weight excluding hydrogens is 444 g/mol. The van der Waals surface area contributed by atoms with Crippen molar-refractivity contribution in [2.75, 3.05) is 13.7 Å². The molecule has 35 heavy (non-hydrogen) atoms. The van der Waals surface area contributed by atoms with Gasteiger partial charge >= 0.3 is 12.1 Å². The van der Waals surface area contributed by atoms with Crippen LogP contribution in [0.5, 0.6) is 0 Å². The van der Waals surface area contributed by atoms with Crippen LogP contribution in [0.15, 0.2) is 48.5 Å². The molecule has 0 radical (unpaired) electrons. The Morgan fingerprint density at radius 2 is 1.63 bits per heavy atom. The standard InChI is InChI=1S/C28H34N2O5/c1-18(27(32)33)30(2)26(31)16-15-19-9-3-8-14-25(19)29-28(34)35-17-24-22-12-6-4-10-20(22)21-11-5-7-13-23(21)24/h4-7,10-13,18-19,24-25H,3,8-9,14-17H2,1-2H3,(H,29,34)(H,32,33). The van der Waals surface area contributed by atoms with E-state index in [9.17, 15) is 14.4 Å². The lowest BCUT2D eigenvalue weighted by Crippen LogP contribution is -2.44. The number of carboxylic acids is 1. The summed E-state index contributed by atoms with van der Waals surface area (Å²) in [5.74, 6) is -1.03. The SMILES string of the molecule is CC(C(=O)O)N(C)C(=O)CCC1CCCCC1NC(=O)OCC1c2ccccc2-c2ccccc21. The number of hydrogen-bond donors (Lipinski definition) is 2. The molecule has 186 valence electrons. The molecule has 2 aliphatic carbocycles. The minimum absolute atomic E-state index is 0.0136. The quantitative estimate of drug-likeness (QED) is 0.568. The molecule has 1 fully saturated rings. The lowest BCUT2D eigenvalue weighted by atomic mass is 9.81. The first-order valence-electron chi connectivity index (χ1n) is 12.5. The van der Waals surface area contributed by atoms with E-state index in [1.54, 1.807) is 0 Å². The molecule has 0 aromatic heterocycles. The topological polar surface area (TPSA) is 95.9 Å². The summed E-state index contributed by atoms with van der Waals surface area (Å²) in [6.07, 6.45) is 4.32. The number of likely N-dealkylation sites (N-methyl/N-ethyl adjacent to an activating group) is 1. The Labute approximate surface area is 206 Å². The molecule has 0 spiro atoms. The van der Waals surface area contributed by atoms with E-state index < -0.39 is 18.1 Å². The van der Waals surface area contributed by atoms with E-state index in [1.165, 1.54) is 41.1 Å². The highest BCUT2D eigenvalue weighted by Gasteiger charge is 2.31. The average Bonchev–Trinajstić information content (AvgIpc) is 3.19. The number of carbonyl (C=O) groups excluding carboxylic acids is 2. The zero-order valence-electron chi connectivity index (χ0n) is 20.4. The van der Waals surface area contributed by atoms with Crippen LogP contribution in [0.4, 0.5) is 4.79 Å². The van der Waals surface area contributed by atoms with Crippen LogP contribution < -0.4 is 5.32 Å². The van der Waals surface area contributed by atoms with Gasteiger partial charge in [-0.25, -0.2) is 9.59 Å². The van der Waals surface area contributed by atoms with Gasteiger partial charge in [0.2, 0.25) is 5.91 Å². The van der Waals surface area contributed by atoms with Gasteiger partial charge in [0, 0.05) is 25.4 Å². The van der Waals surface area contributed by atoms with Crippen LogP contribution in [0.25, 0.3) is 11.1 Å². The molecule has 7 heteroatoms. The summed E-state index contributed by atoms with van der Waals surface area (Å²) in [6.45, 7) is 1.77. The molecule has 0 aliphatic heterocycles. The fraction of sp³-hybridized carbons (Fsp3) is 0.464. The molecule has 3 unspecified atom stereocenters. The Morgan fingerprint density at radius 1 is 1.03 bits per heavy atom. The van der Waals surface area contributed by atoms with Crippen molar-refractivity contribution in [1.82, 2.24) is 10.2 Å². The predicted molar refractivity (Wildman–Crippen MR) is 133 cm³/mol. The Hall–Kier alpha value is -3.35. The Balaban J connectivity index is 1.33. The van der Waals surface area contributed by atoms with Crippen LogP contribution >= 0.6 is 0 Å². The molecule has 2 amide bonds. The van der Waals surface area contributed by atoms with E-state index in [2.05, 4.69) is 29.6 Å². The number of hydrogen-bond acceptors (Lipinski definition) is 4. The van der Waals surface area contributed by atoms with Gasteiger partial charge in [-0.15, -0.1) is 0 Å². The number of aliphatic carboxylic acids is 1. The summed E-state index contributed by atoms with van der Waals surface area (Å²) in [4.78, 5) is 37.7. The van der Waals surface area contributed by atoms with Crippen molar-refractivity contribution in [3.63, 3.8) is 0 Å². The molecule has 2 aromatic carbocycles. The van der Waals surface area contributed by atoms with Gasteiger partial charge in [-0.3, -0.25) is 4.79 Å². The molecule has 2 N–H and O–H groups in total. The van der Waals surface area contributed by atoms with Gasteiger partial charge < -0.3 is 20.1 Å². The number of ether oxygens (including phenoxy) is 1. The van der Waals surface area contributed by atoms with Crippen molar-refractivity contribution in [3.8, 4) is 11.1 Å². The van der Waals surface area contributed by atoms with Gasteiger partial charge in [0.25, 0.3) is 0 Å². The van der Waals surface area contributed by atoms with Gasteiger partial charge in [0.05, 0.1) is 0 Å². The van der Waals surface area contributed by atoms with E-state index in [0.29, 0.717) is 6.42 Å². The molecular formula is C28H34N2O5. The van der Waals surface area contributed by atoms with Crippen molar-refractivity contribution in [2.45, 2.75) is 63.5 Å². The van der Waals surface area contributed by atoms with Gasteiger partial charge in [0.15, 0.2) is 0 Å². The number of fused-ring (bicyclic) bond motifs is 3. The molecule has 0 bridgehead atoms. The number of nitrogens with zero attached hydrogens (tertiary/aromatic N) is 1. The second kappa shape index (κ2) is 10.9. The van der Waals surface area contributed by atoms with Crippen LogP contribution in [0.2, 0.25) is 0 Å². The highest BCUT2D eigenvalue weighted by atomic mass is 16.5. The minimum atomic E-state index is -1.02. The lowest BCUT2D eigenvalue weighted by Gasteiger charge is -2.32. The van der Waals surface area contributed by atoms with Gasteiger partial charge in [0.1, 0.15) is 12.6 Å². The summed E-state index contributed by atoms with van der Waals surface area (Å²) in [7, 11) is 1.52. The van der Waals surface area contributed by atoms with Crippen molar-refractivity contribution >= 4 is 18.0 Å². The number of benzene rings is 2. The Kier molecular flexibility index (Phi) is 7.73. The van der Waals surface area contributed by atoms with Crippen molar-refractivity contribution in [3.05, 3.63) is 59.7 Å². The lowest BCUT2D eigenvalue weighted by molar-refractivity contribution is -0.148. The number of carboxylic acid groups (broad SMARTS) is 1. The fourth-order valence-electron chi connectivity index (χ4n) is 5.40. The highest BCUT2D eigenvalue weighted by Crippen LogP contribution is 2.44. The highest BCUT2D eigenvalue weighted by molar-refractivity contribution is 5.83. The number of nitrogens with one attached hydrogen (secondary N) is 1. The summed E-state index contributed by atoms with van der Waals surface area (Å²) in [5.41, 5.74) is 4.73. The maximum absolute atomic E-state index is 12.8. The van der Waals surface area contributed by atoms with Crippen LogP contribution in [-0.2, 0) is 14.3 Å². The maximum Gasteiger partial charge on any atom is 0.407 e. The van der Waals surface area contributed by atoms with Crippen LogP contribution in [-0.4, -0.2) is 53.7 Å². The molecule has 4 rings (SSSR count). The van der Waals surface area contributed by atoms with Crippen LogP contribution in [0.3, 0.4) is 0 Å². The molecule has 7 nitrogen and oxygen atoms in total. The Bertz CT molecular complexity index is 1040. The number of rotatable bonds is 8. The average molecular weight is 479 g/mol. The molecule has 0 heterocycles. The first-order chi connectivity index (χ1) is 16.9. The predicted octanol–water partition coefficient (Wildman–Crippen LogP) is 4.80. The summed E-state index contributed by atoms with van der Waals surface area (Å²) >= 11 is 0. The number of alkyl carbamates (subject to hydrolysis) is 1. The zero-order valence-corrected chi connectivity index (χ0v) is 20.4. The van der Waals surface area contributed by atoms with Gasteiger partial charge in [-0.05, 0) is 54.4 Å². The second-order valence-electron chi connectivity index (χ2n) is 9.68. The zero-order chi connectivity index (χ0) is 24.9. The van der Waals surface area contributed by atoms with E-state index in [1.807, 2.05) is 24.3 Å². The van der Waals surface area contributed by atoms with E-state index in [4.69, 9.17) is 9.84 Å². The summed E-state index contributed by atoms with van der Waals surface area (Å²) in [5, 5.41) is 12.2. The van der Waals surface area contributed by atoms with E-state index in [0.717, 1.165) is 25.7 Å². The molecule has 2 aliphatic rings. The van der Waals surface area contributed by atoms with Crippen molar-refractivity contribution in [2.24, 2.45) is 5.92 Å². The summed E-state index contributed by atoms with van der Waals surface area (Å²) < 4.78 is 5.72. The third kappa shape index (κ3) is 5.50. The Morgan fingerprint density at radius 3 is 2.26 bits per heavy atom. The number of amides is 2. The maximum atomic E-state index is 12.8. The van der Waals surface area contributed by atoms with Gasteiger partial charge in [-0.1, -0.05) is 61.4 Å². The minimum Gasteiger partial charge on any atom is -0.480 e. The monoisotopic (exact) mass is 478 g/mol. The van der Waals surface area contributed by atoms with Crippen molar-refractivity contribution in [1.29, 1.82) is 0 Å². The second-order valence-corrected chi connectivity index (χ2v) is 9.68. The van der Waals surface area contributed by atoms with Gasteiger partial charge in [-0.2, -0.15) is 0 Å². The molecule has 3 atom stereocenters. The van der Waals surface area contributed by atoms with Crippen LogP contribution in [0.1, 0.15) is 62.5 Å². The first-order valence-corrected chi connectivity index (χ1v) is 12.5. The van der Waals surface area contributed by atoms with E-state index in [-0.39, 0.29) is 36.8 Å². The third-order valence-electron chi connectivity index (χ3n) is 7.62. The molecule has 1 saturated carbocycles. The normalized spacial score (nSPS) is 19.8. The molecule has 2 aromatic rings. The van der Waals surface area contributed by atoms with E-state index >= 15 is 0 Å². The first kappa shape index (κ1) is 24.8. The van der Waals surface area contributed by atoms with Crippen LogP contribution in [0, 0.1) is 5.92 Å². The third-order valence-corrected chi connectivity index (χ3v) is 7.62. The largest absolute Gasteiger partial charge is 0.480 e. The smallest absolute Gasteiger partial charge is 0.407 e. The van der Waals surface area contributed by atoms with Crippen molar-refractivity contribution < 1.29 is 24.2 Å². The fourth-order valence-corrected chi connectivity index (χ4v) is 5.40. The molecule has 0 saturated heterocycles. The number of carbonyl (C=O) groups is 3. The summed E-state index contributed by atoms with van der Waals surface area (Å²) in [6, 6.07) is 15.6.